The number of aliphatic hydroxyl groups is 1. The number of aromatic nitrogens is 4. The van der Waals surface area contributed by atoms with E-state index >= 15 is 0 Å². The van der Waals surface area contributed by atoms with Crippen LogP contribution in [0.15, 0.2) is 48.8 Å². The van der Waals surface area contributed by atoms with E-state index in [1.807, 2.05) is 0 Å². The van der Waals surface area contributed by atoms with Crippen LogP contribution in [-0.2, 0) is 15.7 Å². The molecule has 41 heavy (non-hydrogen) atoms. The molecule has 0 radical (unpaired) electrons. The third-order valence-electron chi connectivity index (χ3n) is 6.45. The quantitative estimate of drug-likeness (QED) is 0.309. The molecule has 1 fully saturated rings. The summed E-state index contributed by atoms with van der Waals surface area (Å²) >= 11 is 6.49. The molecule has 15 heteroatoms. The Kier molecular flexibility index (Phi) is 7.80. The van der Waals surface area contributed by atoms with E-state index in [0.717, 1.165) is 18.3 Å². The number of nitrogens with one attached hydrogen (secondary N) is 1. The van der Waals surface area contributed by atoms with Crippen LogP contribution in [0.25, 0.3) is 16.8 Å². The van der Waals surface area contributed by atoms with Crippen LogP contribution < -0.4 is 11.1 Å². The minimum Gasteiger partial charge on any atom is -0.396 e. The van der Waals surface area contributed by atoms with Crippen LogP contribution in [-0.4, -0.2) is 67.5 Å². The number of hydrogen-bond acceptors (Lipinski definition) is 8. The van der Waals surface area contributed by atoms with Gasteiger partial charge in [-0.2, -0.15) is 13.2 Å². The number of fused-ring (bicyclic) bond motifs is 1. The largest absolute Gasteiger partial charge is 0.416 e. The number of nitrogen functional groups attached to an aromatic ring is 1. The average Bonchev–Trinajstić information content (AvgIpc) is 3.37. The number of rotatable bonds is 6. The van der Waals surface area contributed by atoms with Gasteiger partial charge in [0.15, 0.2) is 0 Å². The Bertz CT molecular complexity index is 1610. The standard InChI is InChI=1S/C26H23ClF3N7O4/c27-18-12-33-23(31)22-21(35-24(37(18)22)17-13-36(8-10-41-17)20(39)6-9-38)14-1-3-15(4-2-14)25(40)34-19-11-16(5-7-32-19)26(28,29)30/h1-5,7,11-12,17,38H,6,8-10,13H2,(H2,31,33)(H,32,34,40)/t17-/m1/s1. The number of benzene rings is 1. The van der Waals surface area contributed by atoms with E-state index < -0.39 is 23.8 Å². The highest BCUT2D eigenvalue weighted by Crippen LogP contribution is 2.35. The van der Waals surface area contributed by atoms with Crippen molar-refractivity contribution in [2.75, 3.05) is 37.4 Å². The number of carbonyl (C=O) groups excluding carboxylic acids is 2. The number of imidazole rings is 1. The second-order valence-electron chi connectivity index (χ2n) is 9.10. The Morgan fingerprint density at radius 2 is 1.95 bits per heavy atom. The molecule has 0 spiro atoms. The van der Waals surface area contributed by atoms with Gasteiger partial charge in [0.1, 0.15) is 39.9 Å². The van der Waals surface area contributed by atoms with Crippen molar-refractivity contribution in [3.05, 3.63) is 70.9 Å². The Morgan fingerprint density at radius 1 is 1.20 bits per heavy atom. The maximum Gasteiger partial charge on any atom is 0.416 e. The molecule has 1 aliphatic rings. The molecule has 4 heterocycles. The summed E-state index contributed by atoms with van der Waals surface area (Å²) in [6.07, 6.45) is -2.92. The van der Waals surface area contributed by atoms with E-state index in [0.29, 0.717) is 29.1 Å². The number of pyridine rings is 1. The maximum absolute atomic E-state index is 13.0. The molecule has 1 atom stereocenters. The van der Waals surface area contributed by atoms with Gasteiger partial charge in [0, 0.05) is 30.3 Å². The number of morpholine rings is 1. The first-order chi connectivity index (χ1) is 19.6. The Morgan fingerprint density at radius 3 is 2.66 bits per heavy atom. The molecule has 1 aromatic carbocycles. The number of anilines is 2. The zero-order valence-corrected chi connectivity index (χ0v) is 22.0. The van der Waals surface area contributed by atoms with Crippen molar-refractivity contribution in [2.45, 2.75) is 18.7 Å². The number of amides is 2. The smallest absolute Gasteiger partial charge is 0.396 e. The van der Waals surface area contributed by atoms with Crippen molar-refractivity contribution >= 4 is 40.6 Å². The lowest BCUT2D eigenvalue weighted by molar-refractivity contribution is -0.140. The SMILES string of the molecule is Nc1ncc(Cl)n2c([C@H]3CN(C(=O)CCO)CCO3)nc(-c3ccc(C(=O)Nc4cc(C(F)(F)F)ccn4)cc3)c12. The zero-order chi connectivity index (χ0) is 29.3. The van der Waals surface area contributed by atoms with Crippen molar-refractivity contribution in [2.24, 2.45) is 0 Å². The van der Waals surface area contributed by atoms with E-state index in [2.05, 4.69) is 15.3 Å². The number of ether oxygens (including phenoxy) is 1. The predicted molar refractivity (Wildman–Crippen MR) is 142 cm³/mol. The maximum atomic E-state index is 13.0. The molecule has 0 bridgehead atoms. The van der Waals surface area contributed by atoms with Crippen LogP contribution in [0.1, 0.15) is 34.3 Å². The predicted octanol–water partition coefficient (Wildman–Crippen LogP) is 3.58. The fraction of sp³-hybridized carbons (Fsp3) is 0.269. The monoisotopic (exact) mass is 589 g/mol. The highest BCUT2D eigenvalue weighted by molar-refractivity contribution is 6.30. The Balaban J connectivity index is 1.45. The summed E-state index contributed by atoms with van der Waals surface area (Å²) in [5.74, 6) is -0.613. The van der Waals surface area contributed by atoms with Crippen LogP contribution in [0, 0.1) is 0 Å². The van der Waals surface area contributed by atoms with Crippen molar-refractivity contribution in [1.82, 2.24) is 24.3 Å². The molecule has 5 rings (SSSR count). The first kappa shape index (κ1) is 28.3. The van der Waals surface area contributed by atoms with Gasteiger partial charge in [-0.1, -0.05) is 23.7 Å². The number of alkyl halides is 3. The number of aliphatic hydroxyl groups excluding tert-OH is 1. The summed E-state index contributed by atoms with van der Waals surface area (Å²) in [7, 11) is 0. The molecule has 4 aromatic rings. The third kappa shape index (κ3) is 5.80. The second kappa shape index (κ2) is 11.3. The van der Waals surface area contributed by atoms with E-state index in [4.69, 9.17) is 32.2 Å². The lowest BCUT2D eigenvalue weighted by atomic mass is 10.1. The number of nitrogens with zero attached hydrogens (tertiary/aromatic N) is 5. The van der Waals surface area contributed by atoms with Gasteiger partial charge in [-0.3, -0.25) is 14.0 Å². The second-order valence-corrected chi connectivity index (χ2v) is 9.49. The molecule has 0 saturated carbocycles. The van der Waals surface area contributed by atoms with Crippen molar-refractivity contribution in [1.29, 1.82) is 0 Å². The first-order valence-electron chi connectivity index (χ1n) is 12.3. The highest BCUT2D eigenvalue weighted by Gasteiger charge is 2.32. The van der Waals surface area contributed by atoms with E-state index in [-0.39, 0.29) is 54.4 Å². The molecule has 4 N–H and O–H groups in total. The van der Waals surface area contributed by atoms with E-state index in [9.17, 15) is 22.8 Å². The molecule has 214 valence electrons. The Hall–Kier alpha value is -4.27. The van der Waals surface area contributed by atoms with Crippen molar-refractivity contribution < 1.29 is 32.6 Å². The van der Waals surface area contributed by atoms with Gasteiger partial charge in [-0.25, -0.2) is 15.0 Å². The summed E-state index contributed by atoms with van der Waals surface area (Å²) in [6.45, 7) is 0.520. The third-order valence-corrected chi connectivity index (χ3v) is 6.72. The minimum atomic E-state index is -4.58. The van der Waals surface area contributed by atoms with E-state index in [1.165, 1.54) is 18.3 Å². The Labute approximate surface area is 235 Å². The van der Waals surface area contributed by atoms with Crippen LogP contribution in [0.4, 0.5) is 24.8 Å². The number of hydrogen-bond donors (Lipinski definition) is 3. The van der Waals surface area contributed by atoms with Crippen LogP contribution in [0.5, 0.6) is 0 Å². The molecule has 2 amide bonds. The number of nitrogens with two attached hydrogens (primary N) is 1. The zero-order valence-electron chi connectivity index (χ0n) is 21.2. The molecule has 0 unspecified atom stereocenters. The highest BCUT2D eigenvalue weighted by atomic mass is 35.5. The van der Waals surface area contributed by atoms with Crippen LogP contribution in [0.3, 0.4) is 0 Å². The lowest BCUT2D eigenvalue weighted by Crippen LogP contribution is -2.43. The summed E-state index contributed by atoms with van der Waals surface area (Å²) in [6, 6.07) is 7.70. The molecular formula is C26H23ClF3N7O4. The van der Waals surface area contributed by atoms with Crippen LogP contribution >= 0.6 is 11.6 Å². The fourth-order valence-electron chi connectivity index (χ4n) is 4.48. The number of carbonyl (C=O) groups is 2. The van der Waals surface area contributed by atoms with Gasteiger partial charge in [-0.05, 0) is 24.3 Å². The normalized spacial score (nSPS) is 15.7. The summed E-state index contributed by atoms with van der Waals surface area (Å²) in [4.78, 5) is 39.4. The van der Waals surface area contributed by atoms with Gasteiger partial charge in [0.25, 0.3) is 5.91 Å². The van der Waals surface area contributed by atoms with Crippen molar-refractivity contribution in [3.63, 3.8) is 0 Å². The summed E-state index contributed by atoms with van der Waals surface area (Å²) in [5, 5.41) is 11.7. The van der Waals surface area contributed by atoms with Gasteiger partial charge in [0.05, 0.1) is 31.5 Å². The van der Waals surface area contributed by atoms with Gasteiger partial charge >= 0.3 is 6.18 Å². The average molecular weight is 590 g/mol. The fourth-order valence-corrected chi connectivity index (χ4v) is 4.70. The van der Waals surface area contributed by atoms with Gasteiger partial charge < -0.3 is 25.8 Å². The van der Waals surface area contributed by atoms with Gasteiger partial charge in [-0.15, -0.1) is 0 Å². The number of halogens is 4. The molecule has 3 aromatic heterocycles. The summed E-state index contributed by atoms with van der Waals surface area (Å²) in [5.41, 5.74) is 6.76. The summed E-state index contributed by atoms with van der Waals surface area (Å²) < 4.78 is 46.5. The lowest BCUT2D eigenvalue weighted by Gasteiger charge is -2.32. The molecule has 1 saturated heterocycles. The van der Waals surface area contributed by atoms with E-state index in [1.54, 1.807) is 21.4 Å². The molecule has 1 aliphatic heterocycles. The van der Waals surface area contributed by atoms with Gasteiger partial charge in [0.2, 0.25) is 5.91 Å². The molecule has 11 nitrogen and oxygen atoms in total. The van der Waals surface area contributed by atoms with Crippen molar-refractivity contribution in [3.8, 4) is 11.3 Å². The first-order valence-corrected chi connectivity index (χ1v) is 12.7. The molecular weight excluding hydrogens is 567 g/mol. The minimum absolute atomic E-state index is 0.0122. The van der Waals surface area contributed by atoms with Crippen LogP contribution in [0.2, 0.25) is 5.15 Å². The molecule has 0 aliphatic carbocycles. The topological polar surface area (TPSA) is 148 Å².